The van der Waals surface area contributed by atoms with Gasteiger partial charge in [0.15, 0.2) is 15.8 Å². The van der Waals surface area contributed by atoms with Gasteiger partial charge in [0.05, 0.1) is 24.8 Å². The maximum absolute atomic E-state index is 13.9. The van der Waals surface area contributed by atoms with E-state index in [-0.39, 0.29) is 22.6 Å². The Labute approximate surface area is 303 Å². The number of nitrogens with zero attached hydrogens (tertiary/aromatic N) is 3. The average Bonchev–Trinajstić information content (AvgIpc) is 3.77. The number of hydrogen-bond acceptors (Lipinski definition) is 10. The van der Waals surface area contributed by atoms with Crippen molar-refractivity contribution in [2.24, 2.45) is 0 Å². The molecular weight excluding hydrogens is 705 g/mol. The van der Waals surface area contributed by atoms with Gasteiger partial charge in [-0.25, -0.2) is 0 Å². The van der Waals surface area contributed by atoms with Crippen molar-refractivity contribution in [3.63, 3.8) is 0 Å². The van der Waals surface area contributed by atoms with Gasteiger partial charge in [0.25, 0.3) is 5.78 Å². The Bertz CT molecular complexity index is 1920. The van der Waals surface area contributed by atoms with Gasteiger partial charge in [0.1, 0.15) is 17.6 Å². The third kappa shape index (κ3) is 7.55. The molecule has 0 aliphatic carbocycles. The molecule has 1 aromatic heterocycles. The van der Waals surface area contributed by atoms with Crippen LogP contribution in [0.25, 0.3) is 5.76 Å². The molecule has 1 N–H and O–H groups in total. The van der Waals surface area contributed by atoms with Gasteiger partial charge in [-0.1, -0.05) is 78.2 Å². The zero-order valence-corrected chi connectivity index (χ0v) is 30.3. The highest BCUT2D eigenvalue weighted by Gasteiger charge is 2.48. The van der Waals surface area contributed by atoms with E-state index in [4.69, 9.17) is 37.4 Å². The number of aromatic nitrogens is 2. The summed E-state index contributed by atoms with van der Waals surface area (Å²) in [7, 11) is 0. The number of ketones is 1. The molecule has 1 amide bonds. The number of benzene rings is 3. The molecule has 2 aliphatic heterocycles. The second kappa shape index (κ2) is 15.4. The number of aliphatic hydroxyl groups excluding tert-OH is 1. The van der Waals surface area contributed by atoms with Gasteiger partial charge in [-0.05, 0) is 79.4 Å². The Balaban J connectivity index is 1.40. The minimum Gasteiger partial charge on any atom is -0.507 e. The number of aliphatic hydroxyl groups is 1. The first-order valence-electron chi connectivity index (χ1n) is 16.1. The van der Waals surface area contributed by atoms with Gasteiger partial charge < -0.3 is 19.3 Å². The zero-order valence-electron chi connectivity index (χ0n) is 27.2. The predicted molar refractivity (Wildman–Crippen MR) is 194 cm³/mol. The highest BCUT2D eigenvalue weighted by atomic mass is 35.5. The second-order valence-corrected chi connectivity index (χ2v) is 14.7. The molecule has 1 fully saturated rings. The molecule has 6 rings (SSSR count). The van der Waals surface area contributed by atoms with E-state index in [9.17, 15) is 14.7 Å². The summed E-state index contributed by atoms with van der Waals surface area (Å²) in [6, 6.07) is 14.9. The molecular formula is C36H35Cl2N3O6S2. The molecule has 3 aromatic carbocycles. The van der Waals surface area contributed by atoms with Crippen molar-refractivity contribution in [1.82, 2.24) is 10.2 Å². The highest BCUT2D eigenvalue weighted by molar-refractivity contribution is 8.00. The van der Waals surface area contributed by atoms with E-state index >= 15 is 0 Å². The quantitative estimate of drug-likeness (QED) is 0.0359. The lowest BCUT2D eigenvalue weighted by Crippen LogP contribution is -2.29. The number of halogens is 2. The van der Waals surface area contributed by atoms with E-state index in [2.05, 4.69) is 17.1 Å². The van der Waals surface area contributed by atoms with Crippen LogP contribution in [-0.2, 0) is 21.8 Å². The highest BCUT2D eigenvalue weighted by Crippen LogP contribution is 2.46. The van der Waals surface area contributed by atoms with Crippen LogP contribution in [0.15, 0.2) is 64.5 Å². The summed E-state index contributed by atoms with van der Waals surface area (Å²) in [6.07, 6.45) is 3.67. The fraction of sp³-hybridized carbons (Fsp3) is 0.333. The topological polar surface area (TPSA) is 111 Å². The van der Waals surface area contributed by atoms with Crippen LogP contribution in [0.3, 0.4) is 0 Å². The molecule has 9 nitrogen and oxygen atoms in total. The third-order valence-corrected chi connectivity index (χ3v) is 10.9. The number of rotatable bonds is 13. The van der Waals surface area contributed by atoms with Crippen LogP contribution in [-0.4, -0.2) is 46.3 Å². The fourth-order valence-corrected chi connectivity index (χ4v) is 8.25. The Morgan fingerprint density at radius 2 is 1.88 bits per heavy atom. The smallest absolute Gasteiger partial charge is 0.301 e. The third-order valence-electron chi connectivity index (χ3n) is 8.17. The monoisotopic (exact) mass is 739 g/mol. The van der Waals surface area contributed by atoms with Crippen LogP contribution in [0.4, 0.5) is 5.13 Å². The molecule has 2 atom stereocenters. The van der Waals surface area contributed by atoms with Crippen molar-refractivity contribution in [1.29, 1.82) is 0 Å². The molecule has 4 aromatic rings. The molecule has 0 bridgehead atoms. The molecule has 1 saturated heterocycles. The Morgan fingerprint density at radius 3 is 2.65 bits per heavy atom. The number of unbranched alkanes of at least 4 members (excludes halogenated alkanes) is 2. The molecule has 0 spiro atoms. The van der Waals surface area contributed by atoms with Crippen molar-refractivity contribution < 1.29 is 28.9 Å². The van der Waals surface area contributed by atoms with Gasteiger partial charge in [0, 0.05) is 27.8 Å². The van der Waals surface area contributed by atoms with Crippen molar-refractivity contribution >= 4 is 68.9 Å². The number of thioether (sulfide) groups is 1. The van der Waals surface area contributed by atoms with Gasteiger partial charge in [-0.2, -0.15) is 0 Å². The number of hydrogen-bond donors (Lipinski definition) is 1. The van der Waals surface area contributed by atoms with E-state index < -0.39 is 17.7 Å². The Hall–Kier alpha value is -3.77. The molecule has 256 valence electrons. The summed E-state index contributed by atoms with van der Waals surface area (Å²) >= 11 is 15.0. The van der Waals surface area contributed by atoms with Crippen molar-refractivity contribution in [2.45, 2.75) is 68.7 Å². The standard InChI is InChI=1S/C36H35Cl2N3O6S2/c1-4-6-7-14-46-28-13-9-21(17-29(28)45-5-2)31-30(32(42)22-10-12-27-24(16-22)15-20(3)47-27)33(43)34(44)41(31)35-39-40-36(49-35)48-19-23-8-11-25(37)18-26(23)38/h8-13,16-18,20,31,42H,4-7,14-15,19H2,1-3H3. The zero-order chi connectivity index (χ0) is 34.7. The lowest BCUT2D eigenvalue weighted by molar-refractivity contribution is -0.132. The Kier molecular flexibility index (Phi) is 11.0. The van der Waals surface area contributed by atoms with Gasteiger partial charge >= 0.3 is 5.91 Å². The van der Waals surface area contributed by atoms with Gasteiger partial charge in [0.2, 0.25) is 5.13 Å². The number of Topliss-reactive ketones (excluding diaryl/α,β-unsaturated/α-hetero) is 1. The molecule has 0 saturated carbocycles. The largest absolute Gasteiger partial charge is 0.507 e. The number of carbonyl (C=O) groups excluding carboxylic acids is 2. The molecule has 2 unspecified atom stereocenters. The second-order valence-electron chi connectivity index (χ2n) is 11.7. The first-order chi connectivity index (χ1) is 23.7. The van der Waals surface area contributed by atoms with Crippen LogP contribution >= 0.6 is 46.3 Å². The SMILES string of the molecule is CCCCCOc1ccc(C2C(=C(O)c3ccc4c(c3)CC(C)O4)C(=O)C(=O)N2c2nnc(SCc3ccc(Cl)cc3Cl)s2)cc1OCC. The van der Waals surface area contributed by atoms with Crippen LogP contribution < -0.4 is 19.1 Å². The van der Waals surface area contributed by atoms with Gasteiger partial charge in [-0.15, -0.1) is 10.2 Å². The van der Waals surface area contributed by atoms with E-state index in [0.717, 1.165) is 36.1 Å². The van der Waals surface area contributed by atoms with Gasteiger partial charge in [-0.3, -0.25) is 14.5 Å². The van der Waals surface area contributed by atoms with E-state index in [1.165, 1.54) is 28.0 Å². The lowest BCUT2D eigenvalue weighted by Gasteiger charge is -2.23. The molecule has 3 heterocycles. The number of anilines is 1. The lowest BCUT2D eigenvalue weighted by atomic mass is 9.94. The fourth-order valence-electron chi connectivity index (χ4n) is 5.82. The molecule has 49 heavy (non-hydrogen) atoms. The maximum Gasteiger partial charge on any atom is 0.301 e. The first-order valence-corrected chi connectivity index (χ1v) is 18.6. The number of fused-ring (bicyclic) bond motifs is 1. The Morgan fingerprint density at radius 1 is 1.04 bits per heavy atom. The minimum absolute atomic E-state index is 0.00199. The number of ether oxygens (including phenoxy) is 3. The first kappa shape index (κ1) is 35.1. The summed E-state index contributed by atoms with van der Waals surface area (Å²) in [5.74, 6) is 0.309. The van der Waals surface area contributed by atoms with Crippen molar-refractivity contribution in [3.05, 3.63) is 92.5 Å². The van der Waals surface area contributed by atoms with E-state index in [1.807, 2.05) is 19.9 Å². The number of amides is 1. The summed E-state index contributed by atoms with van der Waals surface area (Å²) in [4.78, 5) is 29.0. The summed E-state index contributed by atoms with van der Waals surface area (Å²) in [5, 5.41) is 21.7. The molecule has 0 radical (unpaired) electrons. The van der Waals surface area contributed by atoms with Crippen LogP contribution in [0.2, 0.25) is 10.0 Å². The maximum atomic E-state index is 13.9. The molecule has 2 aliphatic rings. The van der Waals surface area contributed by atoms with Crippen LogP contribution in [0.5, 0.6) is 17.2 Å². The average molecular weight is 741 g/mol. The van der Waals surface area contributed by atoms with Crippen molar-refractivity contribution in [3.8, 4) is 17.2 Å². The summed E-state index contributed by atoms with van der Waals surface area (Å²) in [5.41, 5.74) is 2.67. The van der Waals surface area contributed by atoms with Crippen LogP contribution in [0.1, 0.15) is 68.3 Å². The normalized spacial score (nSPS) is 18.1. The molecule has 13 heteroatoms. The minimum atomic E-state index is -1.02. The van der Waals surface area contributed by atoms with E-state index in [0.29, 0.717) is 62.4 Å². The van der Waals surface area contributed by atoms with Crippen molar-refractivity contribution in [2.75, 3.05) is 18.1 Å². The number of carbonyl (C=O) groups is 2. The van der Waals surface area contributed by atoms with Crippen LogP contribution in [0, 0.1) is 0 Å². The predicted octanol–water partition coefficient (Wildman–Crippen LogP) is 9.05. The summed E-state index contributed by atoms with van der Waals surface area (Å²) < 4.78 is 18.4. The summed E-state index contributed by atoms with van der Waals surface area (Å²) in [6.45, 7) is 6.87. The van der Waals surface area contributed by atoms with E-state index in [1.54, 1.807) is 48.5 Å².